The Morgan fingerprint density at radius 1 is 1.46 bits per heavy atom. The number of nitrogens with zero attached hydrogens (tertiary/aromatic N) is 1. The van der Waals surface area contributed by atoms with E-state index in [1.165, 1.54) is 0 Å². The maximum absolute atomic E-state index is 11.4. The summed E-state index contributed by atoms with van der Waals surface area (Å²) < 4.78 is 5.23. The second kappa shape index (κ2) is 3.20. The predicted octanol–water partition coefficient (Wildman–Crippen LogP) is 2.26. The number of hydrogen-bond acceptors (Lipinski definition) is 2. The van der Waals surface area contributed by atoms with E-state index >= 15 is 0 Å². The molecular formula is C10H19NO2. The molecule has 0 aromatic heterocycles. The molecule has 1 atom stereocenters. The Labute approximate surface area is 80.1 Å². The van der Waals surface area contributed by atoms with Gasteiger partial charge in [0.2, 0.25) is 0 Å². The molecule has 0 aromatic rings. The largest absolute Gasteiger partial charge is 0.444 e. The van der Waals surface area contributed by atoms with Crippen molar-refractivity contribution in [3.8, 4) is 0 Å². The van der Waals surface area contributed by atoms with Crippen LogP contribution < -0.4 is 0 Å². The Morgan fingerprint density at radius 2 is 2.00 bits per heavy atom. The van der Waals surface area contributed by atoms with Crippen molar-refractivity contribution >= 4 is 6.09 Å². The lowest BCUT2D eigenvalue weighted by Gasteiger charge is -2.20. The van der Waals surface area contributed by atoms with Gasteiger partial charge in [-0.1, -0.05) is 13.8 Å². The molecule has 1 aliphatic rings. The van der Waals surface area contributed by atoms with Gasteiger partial charge in [0, 0.05) is 6.54 Å². The molecule has 1 fully saturated rings. The smallest absolute Gasteiger partial charge is 0.410 e. The Hall–Kier alpha value is -0.730. The Kier molecular flexibility index (Phi) is 2.55. The molecule has 0 bridgehead atoms. The van der Waals surface area contributed by atoms with E-state index in [1.54, 1.807) is 4.90 Å². The van der Waals surface area contributed by atoms with Gasteiger partial charge < -0.3 is 9.64 Å². The van der Waals surface area contributed by atoms with Crippen LogP contribution in [-0.2, 0) is 4.74 Å². The molecule has 13 heavy (non-hydrogen) atoms. The van der Waals surface area contributed by atoms with Gasteiger partial charge in [0.15, 0.2) is 0 Å². The standard InChI is InChI=1S/C10H19NO2/c1-7(2)8-6-11(8)9(12)13-10(3,4)5/h7-8H,6H2,1-5H3/t8-,11?/m1/s1. The minimum absolute atomic E-state index is 0.175. The van der Waals surface area contributed by atoms with Crippen LogP contribution in [0.25, 0.3) is 0 Å². The van der Waals surface area contributed by atoms with Crippen molar-refractivity contribution in [1.29, 1.82) is 0 Å². The zero-order valence-electron chi connectivity index (χ0n) is 9.13. The van der Waals surface area contributed by atoms with Crippen LogP contribution >= 0.6 is 0 Å². The van der Waals surface area contributed by atoms with Gasteiger partial charge in [0.25, 0.3) is 0 Å². The highest BCUT2D eigenvalue weighted by molar-refractivity contribution is 5.71. The molecule has 0 aromatic carbocycles. The number of ether oxygens (including phenoxy) is 1. The molecule has 0 aliphatic carbocycles. The van der Waals surface area contributed by atoms with Crippen molar-refractivity contribution in [3.63, 3.8) is 0 Å². The number of carbonyl (C=O) groups excluding carboxylic acids is 1. The second-order valence-corrected chi connectivity index (χ2v) is 4.94. The fourth-order valence-corrected chi connectivity index (χ4v) is 1.26. The maximum Gasteiger partial charge on any atom is 0.410 e. The predicted molar refractivity (Wildman–Crippen MR) is 51.6 cm³/mol. The quantitative estimate of drug-likeness (QED) is 0.586. The van der Waals surface area contributed by atoms with Crippen molar-refractivity contribution < 1.29 is 9.53 Å². The summed E-state index contributed by atoms with van der Waals surface area (Å²) in [5, 5.41) is 0. The molecule has 0 saturated carbocycles. The highest BCUT2D eigenvalue weighted by atomic mass is 16.6. The minimum atomic E-state index is -0.374. The van der Waals surface area contributed by atoms with Crippen LogP contribution in [0.2, 0.25) is 0 Å². The van der Waals surface area contributed by atoms with E-state index < -0.39 is 0 Å². The highest BCUT2D eigenvalue weighted by Crippen LogP contribution is 2.27. The molecule has 1 saturated heterocycles. The van der Waals surface area contributed by atoms with E-state index in [1.807, 2.05) is 20.8 Å². The summed E-state index contributed by atoms with van der Waals surface area (Å²) in [6.07, 6.45) is -0.175. The SMILES string of the molecule is CC(C)[C@H]1CN1C(=O)OC(C)(C)C. The normalized spacial score (nSPS) is 22.0. The van der Waals surface area contributed by atoms with E-state index in [4.69, 9.17) is 4.74 Å². The van der Waals surface area contributed by atoms with Gasteiger partial charge in [-0.05, 0) is 26.7 Å². The van der Waals surface area contributed by atoms with E-state index in [2.05, 4.69) is 13.8 Å². The number of amides is 1. The third-order valence-electron chi connectivity index (χ3n) is 2.05. The van der Waals surface area contributed by atoms with E-state index in [0.29, 0.717) is 12.0 Å². The fraction of sp³-hybridized carbons (Fsp3) is 0.900. The average Bonchev–Trinajstić information content (AvgIpc) is 2.58. The maximum atomic E-state index is 11.4. The van der Waals surface area contributed by atoms with Crippen LogP contribution in [0, 0.1) is 5.92 Å². The first-order valence-corrected chi connectivity index (χ1v) is 4.81. The molecule has 1 amide bonds. The molecule has 3 nitrogen and oxygen atoms in total. The van der Waals surface area contributed by atoms with Gasteiger partial charge in [-0.3, -0.25) is 0 Å². The number of rotatable bonds is 1. The van der Waals surface area contributed by atoms with Crippen molar-refractivity contribution in [2.75, 3.05) is 6.54 Å². The Bertz CT molecular complexity index is 205. The first-order valence-electron chi connectivity index (χ1n) is 4.81. The van der Waals surface area contributed by atoms with Crippen molar-refractivity contribution in [2.45, 2.75) is 46.3 Å². The number of carbonyl (C=O) groups is 1. The minimum Gasteiger partial charge on any atom is -0.444 e. The van der Waals surface area contributed by atoms with E-state index in [0.717, 1.165) is 6.54 Å². The molecule has 1 aliphatic heterocycles. The third-order valence-corrected chi connectivity index (χ3v) is 2.05. The van der Waals surface area contributed by atoms with Crippen LogP contribution in [0.1, 0.15) is 34.6 Å². The van der Waals surface area contributed by atoms with Gasteiger partial charge >= 0.3 is 6.09 Å². The zero-order chi connectivity index (χ0) is 10.2. The third kappa shape index (κ3) is 2.90. The molecule has 0 spiro atoms. The summed E-state index contributed by atoms with van der Waals surface area (Å²) in [5.41, 5.74) is -0.374. The van der Waals surface area contributed by atoms with E-state index in [9.17, 15) is 4.79 Å². The topological polar surface area (TPSA) is 29.3 Å². The van der Waals surface area contributed by atoms with E-state index in [-0.39, 0.29) is 11.7 Å². The van der Waals surface area contributed by atoms with Gasteiger partial charge in [-0.15, -0.1) is 0 Å². The summed E-state index contributed by atoms with van der Waals surface area (Å²) >= 11 is 0. The van der Waals surface area contributed by atoms with Gasteiger partial charge in [0.1, 0.15) is 5.60 Å². The first kappa shape index (κ1) is 10.4. The molecule has 0 N–H and O–H groups in total. The summed E-state index contributed by atoms with van der Waals surface area (Å²) in [6.45, 7) is 10.8. The molecule has 1 heterocycles. The van der Waals surface area contributed by atoms with Gasteiger partial charge in [-0.25, -0.2) is 4.79 Å². The summed E-state index contributed by atoms with van der Waals surface area (Å²) in [5.74, 6) is 0.535. The van der Waals surface area contributed by atoms with Crippen LogP contribution in [0.15, 0.2) is 0 Å². The summed E-state index contributed by atoms with van der Waals surface area (Å²) in [6, 6.07) is 0.398. The van der Waals surface area contributed by atoms with Crippen molar-refractivity contribution in [3.05, 3.63) is 0 Å². The second-order valence-electron chi connectivity index (χ2n) is 4.94. The molecule has 1 rings (SSSR count). The summed E-state index contributed by atoms with van der Waals surface area (Å²) in [7, 11) is 0. The zero-order valence-corrected chi connectivity index (χ0v) is 9.13. The average molecular weight is 185 g/mol. The van der Waals surface area contributed by atoms with Gasteiger partial charge in [0.05, 0.1) is 6.04 Å². The van der Waals surface area contributed by atoms with Crippen molar-refractivity contribution in [2.24, 2.45) is 5.92 Å². The first-order chi connectivity index (χ1) is 5.81. The van der Waals surface area contributed by atoms with Crippen LogP contribution in [-0.4, -0.2) is 29.2 Å². The highest BCUT2D eigenvalue weighted by Gasteiger charge is 2.42. The Balaban J connectivity index is 2.36. The lowest BCUT2D eigenvalue weighted by molar-refractivity contribution is 0.0399. The molecular weight excluding hydrogens is 166 g/mol. The number of hydrogen-bond donors (Lipinski definition) is 0. The summed E-state index contributed by atoms with van der Waals surface area (Å²) in [4.78, 5) is 13.2. The van der Waals surface area contributed by atoms with Crippen molar-refractivity contribution in [1.82, 2.24) is 4.90 Å². The fourth-order valence-electron chi connectivity index (χ4n) is 1.26. The molecule has 76 valence electrons. The van der Waals surface area contributed by atoms with Crippen LogP contribution in [0.4, 0.5) is 4.79 Å². The Morgan fingerprint density at radius 3 is 2.31 bits per heavy atom. The van der Waals surface area contributed by atoms with Crippen LogP contribution in [0.3, 0.4) is 0 Å². The molecule has 0 radical (unpaired) electrons. The van der Waals surface area contributed by atoms with Crippen LogP contribution in [0.5, 0.6) is 0 Å². The lowest BCUT2D eigenvalue weighted by Crippen LogP contribution is -2.28. The molecule has 0 unspecified atom stereocenters. The molecule has 3 heteroatoms. The lowest BCUT2D eigenvalue weighted by atomic mass is 10.1. The monoisotopic (exact) mass is 185 g/mol. The van der Waals surface area contributed by atoms with Gasteiger partial charge in [-0.2, -0.15) is 0 Å².